The molecule has 3 aromatic rings. The topological polar surface area (TPSA) is 66.9 Å². The average Bonchev–Trinajstić information content (AvgIpc) is 2.64. The summed E-state index contributed by atoms with van der Waals surface area (Å²) in [5.74, 6) is 0.283. The molecule has 0 unspecified atom stereocenters. The second-order valence-corrected chi connectivity index (χ2v) is 6.40. The SMILES string of the molecule is Cc1cccc(CNC(=O)c2cc(Nc3cccc(Cl)c3C)ncn2)c1. The van der Waals surface area contributed by atoms with Gasteiger partial charge in [-0.2, -0.15) is 0 Å². The van der Waals surface area contributed by atoms with Crippen LogP contribution in [0, 0.1) is 13.8 Å². The number of carbonyl (C=O) groups is 1. The quantitative estimate of drug-likeness (QED) is 0.701. The second kappa shape index (κ2) is 7.97. The van der Waals surface area contributed by atoms with Crippen molar-refractivity contribution < 1.29 is 4.79 Å². The molecule has 0 aliphatic heterocycles. The predicted molar refractivity (Wildman–Crippen MR) is 104 cm³/mol. The van der Waals surface area contributed by atoms with Crippen LogP contribution in [0.5, 0.6) is 0 Å². The first-order valence-corrected chi connectivity index (χ1v) is 8.58. The normalized spacial score (nSPS) is 10.4. The third-order valence-corrected chi connectivity index (χ3v) is 4.38. The zero-order valence-electron chi connectivity index (χ0n) is 14.6. The molecule has 0 radical (unpaired) electrons. The molecule has 0 aliphatic rings. The van der Waals surface area contributed by atoms with Crippen LogP contribution in [0.1, 0.15) is 27.2 Å². The van der Waals surface area contributed by atoms with Crippen molar-refractivity contribution >= 4 is 29.0 Å². The van der Waals surface area contributed by atoms with E-state index in [9.17, 15) is 4.79 Å². The summed E-state index contributed by atoms with van der Waals surface area (Å²) in [6, 6.07) is 15.2. The number of amides is 1. The van der Waals surface area contributed by atoms with E-state index in [1.165, 1.54) is 6.33 Å². The van der Waals surface area contributed by atoms with Gasteiger partial charge in [-0.15, -0.1) is 0 Å². The first kappa shape index (κ1) is 17.9. The molecule has 0 saturated heterocycles. The van der Waals surface area contributed by atoms with Crippen molar-refractivity contribution in [3.63, 3.8) is 0 Å². The van der Waals surface area contributed by atoms with Crippen LogP contribution in [0.15, 0.2) is 54.9 Å². The van der Waals surface area contributed by atoms with Crippen molar-refractivity contribution in [1.82, 2.24) is 15.3 Å². The number of anilines is 2. The van der Waals surface area contributed by atoms with Crippen molar-refractivity contribution in [3.8, 4) is 0 Å². The highest BCUT2D eigenvalue weighted by Gasteiger charge is 2.10. The second-order valence-electron chi connectivity index (χ2n) is 6.00. The lowest BCUT2D eigenvalue weighted by atomic mass is 10.1. The number of hydrogen-bond acceptors (Lipinski definition) is 4. The van der Waals surface area contributed by atoms with Crippen LogP contribution in [0.2, 0.25) is 5.02 Å². The van der Waals surface area contributed by atoms with Gasteiger partial charge in [0, 0.05) is 23.3 Å². The number of aryl methyl sites for hydroxylation is 1. The smallest absolute Gasteiger partial charge is 0.270 e. The highest BCUT2D eigenvalue weighted by atomic mass is 35.5. The maximum absolute atomic E-state index is 12.4. The standard InChI is InChI=1S/C20H19ClN4O/c1-13-5-3-6-15(9-13)11-22-20(26)18-10-19(24-12-23-18)25-17-8-4-7-16(21)14(17)2/h3-10,12H,11H2,1-2H3,(H,22,26)(H,23,24,25). The van der Waals surface area contributed by atoms with E-state index in [2.05, 4.69) is 20.6 Å². The minimum absolute atomic E-state index is 0.250. The van der Waals surface area contributed by atoms with Crippen molar-refractivity contribution in [3.05, 3.63) is 82.3 Å². The molecule has 0 atom stereocenters. The fourth-order valence-electron chi connectivity index (χ4n) is 2.53. The van der Waals surface area contributed by atoms with Crippen molar-refractivity contribution in [1.29, 1.82) is 0 Å². The molecule has 1 aromatic heterocycles. The Balaban J connectivity index is 1.70. The molecule has 0 bridgehead atoms. The number of benzene rings is 2. The number of nitrogens with one attached hydrogen (secondary N) is 2. The Labute approximate surface area is 157 Å². The Morgan fingerprint density at radius 1 is 1.08 bits per heavy atom. The molecule has 0 saturated carbocycles. The molecule has 132 valence electrons. The highest BCUT2D eigenvalue weighted by Crippen LogP contribution is 2.25. The van der Waals surface area contributed by atoms with Gasteiger partial charge < -0.3 is 10.6 Å². The van der Waals surface area contributed by atoms with Crippen molar-refractivity contribution in [2.24, 2.45) is 0 Å². The molecule has 0 aliphatic carbocycles. The molecule has 26 heavy (non-hydrogen) atoms. The summed E-state index contributed by atoms with van der Waals surface area (Å²) in [5, 5.41) is 6.72. The third kappa shape index (κ3) is 4.37. The van der Waals surface area contributed by atoms with E-state index in [0.717, 1.165) is 22.4 Å². The lowest BCUT2D eigenvalue weighted by Gasteiger charge is -2.11. The number of carbonyl (C=O) groups excluding carboxylic acids is 1. The summed E-state index contributed by atoms with van der Waals surface area (Å²) in [7, 11) is 0. The molecule has 0 fully saturated rings. The van der Waals surface area contributed by atoms with E-state index in [-0.39, 0.29) is 5.91 Å². The summed E-state index contributed by atoms with van der Waals surface area (Å²) in [6.07, 6.45) is 1.36. The van der Waals surface area contributed by atoms with Crippen LogP contribution in [0.25, 0.3) is 0 Å². The molecule has 2 aromatic carbocycles. The van der Waals surface area contributed by atoms with E-state index in [1.807, 2.05) is 56.3 Å². The van der Waals surface area contributed by atoms with Crippen molar-refractivity contribution in [2.75, 3.05) is 5.32 Å². The van der Waals surface area contributed by atoms with E-state index < -0.39 is 0 Å². The Morgan fingerprint density at radius 2 is 1.88 bits per heavy atom. The molecular weight excluding hydrogens is 348 g/mol. The summed E-state index contributed by atoms with van der Waals surface area (Å²) in [4.78, 5) is 20.6. The van der Waals surface area contributed by atoms with E-state index >= 15 is 0 Å². The van der Waals surface area contributed by atoms with Gasteiger partial charge in [0.2, 0.25) is 0 Å². The lowest BCUT2D eigenvalue weighted by Crippen LogP contribution is -2.24. The van der Waals surface area contributed by atoms with Gasteiger partial charge in [0.05, 0.1) is 0 Å². The minimum Gasteiger partial charge on any atom is -0.347 e. The van der Waals surface area contributed by atoms with Gasteiger partial charge in [-0.3, -0.25) is 4.79 Å². The van der Waals surface area contributed by atoms with Gasteiger partial charge in [-0.05, 0) is 37.1 Å². The molecular formula is C20H19ClN4O. The van der Waals surface area contributed by atoms with Crippen LogP contribution in [-0.2, 0) is 6.54 Å². The zero-order valence-corrected chi connectivity index (χ0v) is 15.3. The maximum atomic E-state index is 12.4. The van der Waals surface area contributed by atoms with E-state index in [4.69, 9.17) is 11.6 Å². The minimum atomic E-state index is -0.250. The van der Waals surface area contributed by atoms with Crippen LogP contribution < -0.4 is 10.6 Å². The Bertz CT molecular complexity index is 943. The summed E-state index contributed by atoms with van der Waals surface area (Å²) in [6.45, 7) is 4.38. The molecule has 2 N–H and O–H groups in total. The Kier molecular flexibility index (Phi) is 5.49. The van der Waals surface area contributed by atoms with Gasteiger partial charge >= 0.3 is 0 Å². The molecule has 1 amide bonds. The summed E-state index contributed by atoms with van der Waals surface area (Å²) >= 11 is 6.14. The van der Waals surface area contributed by atoms with Gasteiger partial charge in [-0.25, -0.2) is 9.97 Å². The van der Waals surface area contributed by atoms with Crippen LogP contribution >= 0.6 is 11.6 Å². The first-order chi connectivity index (χ1) is 12.5. The van der Waals surface area contributed by atoms with Crippen LogP contribution in [0.4, 0.5) is 11.5 Å². The molecule has 5 nitrogen and oxygen atoms in total. The fraction of sp³-hybridized carbons (Fsp3) is 0.150. The maximum Gasteiger partial charge on any atom is 0.270 e. The molecule has 0 spiro atoms. The van der Waals surface area contributed by atoms with E-state index in [1.54, 1.807) is 6.07 Å². The summed E-state index contributed by atoms with van der Waals surface area (Å²) in [5.41, 5.74) is 4.25. The average molecular weight is 367 g/mol. The largest absolute Gasteiger partial charge is 0.347 e. The number of hydrogen-bond donors (Lipinski definition) is 2. The fourth-order valence-corrected chi connectivity index (χ4v) is 2.70. The van der Waals surface area contributed by atoms with Gasteiger partial charge in [-0.1, -0.05) is 47.5 Å². The number of halogens is 1. The van der Waals surface area contributed by atoms with Gasteiger partial charge in [0.15, 0.2) is 0 Å². The molecule has 3 rings (SSSR count). The lowest BCUT2D eigenvalue weighted by molar-refractivity contribution is 0.0946. The zero-order chi connectivity index (χ0) is 18.5. The number of rotatable bonds is 5. The molecule has 6 heteroatoms. The summed E-state index contributed by atoms with van der Waals surface area (Å²) < 4.78 is 0. The molecule has 1 heterocycles. The first-order valence-electron chi connectivity index (χ1n) is 8.21. The predicted octanol–water partition coefficient (Wildman–Crippen LogP) is 4.42. The number of nitrogens with zero attached hydrogens (tertiary/aromatic N) is 2. The van der Waals surface area contributed by atoms with Crippen LogP contribution in [-0.4, -0.2) is 15.9 Å². The Morgan fingerprint density at radius 3 is 2.69 bits per heavy atom. The highest BCUT2D eigenvalue weighted by molar-refractivity contribution is 6.31. The monoisotopic (exact) mass is 366 g/mol. The number of aromatic nitrogens is 2. The van der Waals surface area contributed by atoms with Gasteiger partial charge in [0.1, 0.15) is 17.8 Å². The van der Waals surface area contributed by atoms with Crippen LogP contribution in [0.3, 0.4) is 0 Å². The van der Waals surface area contributed by atoms with Crippen molar-refractivity contribution in [2.45, 2.75) is 20.4 Å². The van der Waals surface area contributed by atoms with Gasteiger partial charge in [0.25, 0.3) is 5.91 Å². The Hall–Kier alpha value is -2.92. The van der Waals surface area contributed by atoms with E-state index in [0.29, 0.717) is 23.1 Å². The third-order valence-electron chi connectivity index (χ3n) is 3.97.